The summed E-state index contributed by atoms with van der Waals surface area (Å²) < 4.78 is 0. The van der Waals surface area contributed by atoms with Crippen molar-refractivity contribution in [1.82, 2.24) is 4.98 Å². The van der Waals surface area contributed by atoms with Crippen LogP contribution in [0.1, 0.15) is 50.7 Å². The van der Waals surface area contributed by atoms with E-state index in [1.54, 1.807) is 12.1 Å². The fourth-order valence-corrected chi connectivity index (χ4v) is 1.51. The van der Waals surface area contributed by atoms with Gasteiger partial charge in [-0.2, -0.15) is 0 Å². The minimum Gasteiger partial charge on any atom is -0.478 e. The Balaban J connectivity index is 2.89. The lowest BCUT2D eigenvalue weighted by Crippen LogP contribution is -2.28. The molecule has 0 atom stereocenters. The first-order valence-electron chi connectivity index (χ1n) is 6.74. The fraction of sp³-hybridized carbons (Fsp3) is 0.600. The van der Waals surface area contributed by atoms with E-state index >= 15 is 0 Å². The van der Waals surface area contributed by atoms with E-state index in [0.29, 0.717) is 11.7 Å². The number of aromatic nitrogens is 1. The van der Waals surface area contributed by atoms with E-state index in [9.17, 15) is 4.79 Å². The standard InChI is InChI=1S/C15H24N2O2/c1-6-12-7-11(14(18)19)8-13(17-12)16-9-15(4,5)10(2)3/h7-8,10H,6,9H2,1-5H3,(H,16,17)(H,18,19). The Hall–Kier alpha value is -1.58. The van der Waals surface area contributed by atoms with Crippen molar-refractivity contribution in [3.05, 3.63) is 23.4 Å². The maximum atomic E-state index is 11.1. The van der Waals surface area contributed by atoms with Crippen molar-refractivity contribution in [3.63, 3.8) is 0 Å². The summed E-state index contributed by atoms with van der Waals surface area (Å²) in [6, 6.07) is 3.22. The molecule has 0 amide bonds. The molecule has 0 radical (unpaired) electrons. The van der Waals surface area contributed by atoms with Crippen LogP contribution in [0.4, 0.5) is 5.82 Å². The Morgan fingerprint density at radius 1 is 1.42 bits per heavy atom. The van der Waals surface area contributed by atoms with E-state index in [-0.39, 0.29) is 11.0 Å². The van der Waals surface area contributed by atoms with Gasteiger partial charge in [0, 0.05) is 12.2 Å². The van der Waals surface area contributed by atoms with Crippen LogP contribution < -0.4 is 5.32 Å². The Morgan fingerprint density at radius 3 is 2.53 bits per heavy atom. The zero-order chi connectivity index (χ0) is 14.6. The van der Waals surface area contributed by atoms with Crippen LogP contribution in [0.15, 0.2) is 12.1 Å². The summed E-state index contributed by atoms with van der Waals surface area (Å²) in [6.07, 6.45) is 0.726. The van der Waals surface area contributed by atoms with E-state index in [0.717, 1.165) is 18.7 Å². The number of pyridine rings is 1. The number of hydrogen-bond acceptors (Lipinski definition) is 3. The number of carboxylic acids is 1. The van der Waals surface area contributed by atoms with Crippen LogP contribution in [0.5, 0.6) is 0 Å². The number of aryl methyl sites for hydroxylation is 1. The molecule has 0 bridgehead atoms. The third kappa shape index (κ3) is 4.23. The van der Waals surface area contributed by atoms with Crippen molar-refractivity contribution in [1.29, 1.82) is 0 Å². The van der Waals surface area contributed by atoms with Crippen molar-refractivity contribution >= 4 is 11.8 Å². The third-order valence-electron chi connectivity index (χ3n) is 3.78. The highest BCUT2D eigenvalue weighted by Gasteiger charge is 2.22. The monoisotopic (exact) mass is 264 g/mol. The van der Waals surface area contributed by atoms with E-state index in [4.69, 9.17) is 5.11 Å². The van der Waals surface area contributed by atoms with Gasteiger partial charge in [0.2, 0.25) is 0 Å². The molecule has 0 aliphatic carbocycles. The van der Waals surface area contributed by atoms with Crippen molar-refractivity contribution in [2.75, 3.05) is 11.9 Å². The van der Waals surface area contributed by atoms with Gasteiger partial charge in [0.1, 0.15) is 5.82 Å². The van der Waals surface area contributed by atoms with E-state index in [1.807, 2.05) is 6.92 Å². The van der Waals surface area contributed by atoms with Crippen LogP contribution in [-0.2, 0) is 6.42 Å². The molecule has 0 aliphatic rings. The molecule has 0 aromatic carbocycles. The van der Waals surface area contributed by atoms with Gasteiger partial charge in [-0.25, -0.2) is 9.78 Å². The van der Waals surface area contributed by atoms with Gasteiger partial charge in [0.05, 0.1) is 5.56 Å². The minimum atomic E-state index is -0.914. The SMILES string of the molecule is CCc1cc(C(=O)O)cc(NCC(C)(C)C(C)C)n1. The highest BCUT2D eigenvalue weighted by Crippen LogP contribution is 2.26. The molecule has 0 unspecified atom stereocenters. The second-order valence-corrected chi connectivity index (χ2v) is 5.89. The molecular weight excluding hydrogens is 240 g/mol. The minimum absolute atomic E-state index is 0.132. The van der Waals surface area contributed by atoms with Gasteiger partial charge in [0.25, 0.3) is 0 Å². The molecule has 4 heteroatoms. The van der Waals surface area contributed by atoms with Gasteiger partial charge in [-0.05, 0) is 29.9 Å². The maximum Gasteiger partial charge on any atom is 0.335 e. The highest BCUT2D eigenvalue weighted by atomic mass is 16.4. The first-order valence-corrected chi connectivity index (χ1v) is 6.74. The highest BCUT2D eigenvalue weighted by molar-refractivity contribution is 5.88. The lowest BCUT2D eigenvalue weighted by molar-refractivity contribution is 0.0696. The van der Waals surface area contributed by atoms with Crippen molar-refractivity contribution in [3.8, 4) is 0 Å². The molecule has 0 saturated carbocycles. The summed E-state index contributed by atoms with van der Waals surface area (Å²) in [5.74, 6) is 0.266. The predicted octanol–water partition coefficient (Wildman–Crippen LogP) is 3.44. The Bertz CT molecular complexity index is 453. The molecule has 0 spiro atoms. The predicted molar refractivity (Wildman–Crippen MR) is 77.7 cm³/mol. The van der Waals surface area contributed by atoms with E-state index in [2.05, 4.69) is 38.0 Å². The first-order chi connectivity index (χ1) is 8.76. The van der Waals surface area contributed by atoms with Gasteiger partial charge in [0.15, 0.2) is 0 Å². The van der Waals surface area contributed by atoms with Crippen molar-refractivity contribution in [2.45, 2.75) is 41.0 Å². The molecule has 0 saturated heterocycles. The quantitative estimate of drug-likeness (QED) is 0.826. The Morgan fingerprint density at radius 2 is 2.05 bits per heavy atom. The Kier molecular flexibility index (Phi) is 4.92. The third-order valence-corrected chi connectivity index (χ3v) is 3.78. The van der Waals surface area contributed by atoms with E-state index in [1.165, 1.54) is 0 Å². The number of carbonyl (C=O) groups is 1. The smallest absolute Gasteiger partial charge is 0.335 e. The molecule has 0 fully saturated rings. The van der Waals surface area contributed by atoms with Crippen LogP contribution in [0.3, 0.4) is 0 Å². The van der Waals surface area contributed by atoms with Gasteiger partial charge in [-0.3, -0.25) is 0 Å². The first kappa shape index (κ1) is 15.5. The van der Waals surface area contributed by atoms with Crippen LogP contribution in [0.2, 0.25) is 0 Å². The lowest BCUT2D eigenvalue weighted by atomic mass is 9.81. The van der Waals surface area contributed by atoms with Crippen LogP contribution >= 0.6 is 0 Å². The molecule has 19 heavy (non-hydrogen) atoms. The van der Waals surface area contributed by atoms with Crippen molar-refractivity contribution in [2.24, 2.45) is 11.3 Å². The average Bonchev–Trinajstić information content (AvgIpc) is 2.35. The van der Waals surface area contributed by atoms with Gasteiger partial charge < -0.3 is 10.4 Å². The molecule has 0 aliphatic heterocycles. The summed E-state index contributed by atoms with van der Waals surface area (Å²) >= 11 is 0. The van der Waals surface area contributed by atoms with Crippen LogP contribution in [0, 0.1) is 11.3 Å². The molecule has 2 N–H and O–H groups in total. The number of rotatable bonds is 6. The zero-order valence-corrected chi connectivity index (χ0v) is 12.4. The normalized spacial score (nSPS) is 11.7. The number of nitrogens with zero attached hydrogens (tertiary/aromatic N) is 1. The van der Waals surface area contributed by atoms with E-state index < -0.39 is 5.97 Å². The largest absolute Gasteiger partial charge is 0.478 e. The summed E-state index contributed by atoms with van der Waals surface area (Å²) in [5, 5.41) is 12.4. The second-order valence-electron chi connectivity index (χ2n) is 5.89. The molecular formula is C15H24N2O2. The van der Waals surface area contributed by atoms with Crippen molar-refractivity contribution < 1.29 is 9.90 Å². The zero-order valence-electron chi connectivity index (χ0n) is 12.4. The summed E-state index contributed by atoms with van der Waals surface area (Å²) in [4.78, 5) is 15.5. The Labute approximate surface area is 115 Å². The summed E-state index contributed by atoms with van der Waals surface area (Å²) in [7, 11) is 0. The molecule has 1 heterocycles. The van der Waals surface area contributed by atoms with Gasteiger partial charge in [-0.15, -0.1) is 0 Å². The number of aromatic carboxylic acids is 1. The maximum absolute atomic E-state index is 11.1. The summed E-state index contributed by atoms with van der Waals surface area (Å²) in [6.45, 7) is 11.5. The fourth-order valence-electron chi connectivity index (χ4n) is 1.51. The van der Waals surface area contributed by atoms with Gasteiger partial charge in [-0.1, -0.05) is 34.6 Å². The molecule has 1 aromatic heterocycles. The number of nitrogens with one attached hydrogen (secondary N) is 1. The number of hydrogen-bond donors (Lipinski definition) is 2. The second kappa shape index (κ2) is 6.04. The molecule has 1 aromatic rings. The molecule has 106 valence electrons. The van der Waals surface area contributed by atoms with Crippen LogP contribution in [-0.4, -0.2) is 22.6 Å². The lowest BCUT2D eigenvalue weighted by Gasteiger charge is -2.29. The average molecular weight is 264 g/mol. The summed E-state index contributed by atoms with van der Waals surface area (Å²) in [5.41, 5.74) is 1.22. The number of anilines is 1. The topological polar surface area (TPSA) is 62.2 Å². The van der Waals surface area contributed by atoms with Crippen LogP contribution in [0.25, 0.3) is 0 Å². The molecule has 1 rings (SSSR count). The van der Waals surface area contributed by atoms with Gasteiger partial charge >= 0.3 is 5.97 Å². The number of carboxylic acid groups (broad SMARTS) is 1. The molecule has 4 nitrogen and oxygen atoms in total.